The topological polar surface area (TPSA) is 79.8 Å². The summed E-state index contributed by atoms with van der Waals surface area (Å²) < 4.78 is 29.0. The van der Waals surface area contributed by atoms with Crippen molar-refractivity contribution in [1.82, 2.24) is 10.6 Å². The van der Waals surface area contributed by atoms with Crippen molar-refractivity contribution in [3.63, 3.8) is 0 Å². The standard InChI is InChI=1S/C18H37N3O3S.HI/c1-6-19-16(20-12-14-25(22,23)17(2,3)4)21-15-18(11-13-24-5)9-7-8-10-18;/h6-15H2,1-5H3,(H2,19,20,21);1H. The molecule has 0 radical (unpaired) electrons. The summed E-state index contributed by atoms with van der Waals surface area (Å²) in [7, 11) is -1.38. The average Bonchev–Trinajstić information content (AvgIpc) is 2.99. The van der Waals surface area contributed by atoms with Crippen molar-refractivity contribution in [2.24, 2.45) is 10.4 Å². The third-order valence-electron chi connectivity index (χ3n) is 5.01. The first-order valence-corrected chi connectivity index (χ1v) is 11.0. The Balaban J connectivity index is 0.00000625. The van der Waals surface area contributed by atoms with E-state index in [0.717, 1.165) is 26.1 Å². The van der Waals surface area contributed by atoms with Gasteiger partial charge in [-0.1, -0.05) is 12.8 Å². The molecule has 8 heteroatoms. The van der Waals surface area contributed by atoms with E-state index >= 15 is 0 Å². The molecule has 0 aromatic rings. The molecule has 1 fully saturated rings. The highest BCUT2D eigenvalue weighted by Gasteiger charge is 2.33. The van der Waals surface area contributed by atoms with Crippen LogP contribution in [0.1, 0.15) is 59.8 Å². The molecule has 1 rings (SSSR count). The molecule has 0 amide bonds. The third-order valence-corrected chi connectivity index (χ3v) is 7.62. The van der Waals surface area contributed by atoms with E-state index in [-0.39, 0.29) is 35.1 Å². The fraction of sp³-hybridized carbons (Fsp3) is 0.944. The lowest BCUT2D eigenvalue weighted by molar-refractivity contribution is 0.141. The van der Waals surface area contributed by atoms with E-state index in [1.807, 2.05) is 6.92 Å². The van der Waals surface area contributed by atoms with Crippen molar-refractivity contribution in [3.05, 3.63) is 0 Å². The van der Waals surface area contributed by atoms with Crippen LogP contribution in [0.15, 0.2) is 4.99 Å². The molecule has 1 aliphatic carbocycles. The second-order valence-corrected chi connectivity index (χ2v) is 10.9. The number of hydrogen-bond acceptors (Lipinski definition) is 4. The minimum Gasteiger partial charge on any atom is -0.385 e. The number of methoxy groups -OCH3 is 1. The first-order chi connectivity index (χ1) is 11.7. The molecular formula is C18H38IN3O3S. The van der Waals surface area contributed by atoms with E-state index in [4.69, 9.17) is 9.73 Å². The smallest absolute Gasteiger partial charge is 0.191 e. The normalized spacial score (nSPS) is 17.7. The molecule has 156 valence electrons. The van der Waals surface area contributed by atoms with Crippen molar-refractivity contribution in [1.29, 1.82) is 0 Å². The predicted molar refractivity (Wildman–Crippen MR) is 120 cm³/mol. The first-order valence-electron chi connectivity index (χ1n) is 9.39. The highest BCUT2D eigenvalue weighted by Crippen LogP contribution is 2.41. The zero-order valence-corrected chi connectivity index (χ0v) is 20.2. The number of nitrogens with one attached hydrogen (secondary N) is 2. The number of ether oxygens (including phenoxy) is 1. The van der Waals surface area contributed by atoms with Crippen LogP contribution in [0.4, 0.5) is 0 Å². The van der Waals surface area contributed by atoms with Gasteiger partial charge in [0, 0.05) is 33.4 Å². The molecule has 0 bridgehead atoms. The van der Waals surface area contributed by atoms with Gasteiger partial charge in [-0.25, -0.2) is 8.42 Å². The van der Waals surface area contributed by atoms with Crippen molar-refractivity contribution in [2.75, 3.05) is 39.1 Å². The van der Waals surface area contributed by atoms with Crippen LogP contribution in [0.25, 0.3) is 0 Å². The van der Waals surface area contributed by atoms with Gasteiger partial charge in [-0.05, 0) is 52.4 Å². The maximum atomic E-state index is 12.2. The van der Waals surface area contributed by atoms with Gasteiger partial charge in [-0.3, -0.25) is 4.99 Å². The number of nitrogens with zero attached hydrogens (tertiary/aromatic N) is 1. The zero-order valence-electron chi connectivity index (χ0n) is 17.1. The predicted octanol–water partition coefficient (Wildman–Crippen LogP) is 2.97. The molecule has 0 atom stereocenters. The number of sulfone groups is 1. The molecule has 1 aliphatic rings. The molecule has 0 unspecified atom stereocenters. The van der Waals surface area contributed by atoms with Crippen molar-refractivity contribution < 1.29 is 13.2 Å². The Morgan fingerprint density at radius 3 is 2.31 bits per heavy atom. The van der Waals surface area contributed by atoms with Gasteiger partial charge in [0.25, 0.3) is 0 Å². The lowest BCUT2D eigenvalue weighted by atomic mass is 9.83. The van der Waals surface area contributed by atoms with E-state index in [1.54, 1.807) is 27.9 Å². The van der Waals surface area contributed by atoms with E-state index in [2.05, 4.69) is 10.6 Å². The Bertz CT molecular complexity index is 524. The number of halogens is 1. The van der Waals surface area contributed by atoms with Gasteiger partial charge in [-0.15, -0.1) is 24.0 Å². The Morgan fingerprint density at radius 2 is 1.81 bits per heavy atom. The maximum absolute atomic E-state index is 12.2. The fourth-order valence-corrected chi connectivity index (χ4v) is 4.11. The Morgan fingerprint density at radius 1 is 1.19 bits per heavy atom. The SMILES string of the molecule is CCNC(=NCC1(CCOC)CCCC1)NCCS(=O)(=O)C(C)(C)C.I. The van der Waals surface area contributed by atoms with Crippen LogP contribution in [0.2, 0.25) is 0 Å². The van der Waals surface area contributed by atoms with Crippen LogP contribution in [-0.2, 0) is 14.6 Å². The second-order valence-electron chi connectivity index (χ2n) is 8.00. The van der Waals surface area contributed by atoms with Crippen LogP contribution < -0.4 is 10.6 Å². The van der Waals surface area contributed by atoms with E-state index in [9.17, 15) is 8.42 Å². The van der Waals surface area contributed by atoms with Crippen molar-refractivity contribution in [2.45, 2.75) is 64.5 Å². The van der Waals surface area contributed by atoms with Gasteiger partial charge in [0.2, 0.25) is 0 Å². The van der Waals surface area contributed by atoms with Crippen LogP contribution in [0.5, 0.6) is 0 Å². The summed E-state index contributed by atoms with van der Waals surface area (Å²) in [5, 5.41) is 6.39. The van der Waals surface area contributed by atoms with Crippen LogP contribution in [0.3, 0.4) is 0 Å². The zero-order chi connectivity index (χ0) is 19.0. The Kier molecular flexibility index (Phi) is 11.6. The summed E-state index contributed by atoms with van der Waals surface area (Å²) in [6.07, 6.45) is 5.93. The second kappa shape index (κ2) is 11.7. The summed E-state index contributed by atoms with van der Waals surface area (Å²) in [6, 6.07) is 0. The molecule has 0 saturated heterocycles. The molecule has 6 nitrogen and oxygen atoms in total. The number of aliphatic imine (C=N–C) groups is 1. The van der Waals surface area contributed by atoms with Crippen LogP contribution in [0, 0.1) is 5.41 Å². The summed E-state index contributed by atoms with van der Waals surface area (Å²) in [4.78, 5) is 4.75. The lowest BCUT2D eigenvalue weighted by Crippen LogP contribution is -2.42. The first kappa shape index (κ1) is 25.9. The molecule has 2 N–H and O–H groups in total. The van der Waals surface area contributed by atoms with Gasteiger partial charge < -0.3 is 15.4 Å². The third kappa shape index (κ3) is 8.29. The van der Waals surface area contributed by atoms with Gasteiger partial charge in [-0.2, -0.15) is 0 Å². The molecule has 26 heavy (non-hydrogen) atoms. The monoisotopic (exact) mass is 503 g/mol. The maximum Gasteiger partial charge on any atom is 0.191 e. The van der Waals surface area contributed by atoms with E-state index in [1.165, 1.54) is 25.7 Å². The van der Waals surface area contributed by atoms with E-state index in [0.29, 0.717) is 12.5 Å². The summed E-state index contributed by atoms with van der Waals surface area (Å²) in [5.41, 5.74) is 0.232. The molecule has 0 aromatic heterocycles. The van der Waals surface area contributed by atoms with Gasteiger partial charge in [0.15, 0.2) is 15.8 Å². The molecule has 1 saturated carbocycles. The molecule has 0 aliphatic heterocycles. The van der Waals surface area contributed by atoms with Gasteiger partial charge >= 0.3 is 0 Å². The fourth-order valence-electron chi connectivity index (χ4n) is 3.13. The number of hydrogen-bond donors (Lipinski definition) is 2. The number of rotatable bonds is 9. The Labute approximate surface area is 177 Å². The number of guanidine groups is 1. The van der Waals surface area contributed by atoms with Crippen molar-refractivity contribution in [3.8, 4) is 0 Å². The highest BCUT2D eigenvalue weighted by atomic mass is 127. The quantitative estimate of drug-likeness (QED) is 0.287. The summed E-state index contributed by atoms with van der Waals surface area (Å²) in [6.45, 7) is 9.88. The molecule has 0 heterocycles. The molecule has 0 aromatic carbocycles. The van der Waals surface area contributed by atoms with E-state index < -0.39 is 14.6 Å². The highest BCUT2D eigenvalue weighted by molar-refractivity contribution is 14.0. The van der Waals surface area contributed by atoms with Crippen molar-refractivity contribution >= 4 is 39.8 Å². The Hall–Kier alpha value is -0.0900. The molecule has 0 spiro atoms. The average molecular weight is 503 g/mol. The minimum atomic E-state index is -3.12. The summed E-state index contributed by atoms with van der Waals surface area (Å²) in [5.74, 6) is 0.811. The van der Waals surface area contributed by atoms with Crippen LogP contribution >= 0.6 is 24.0 Å². The van der Waals surface area contributed by atoms with Gasteiger partial charge in [0.1, 0.15) is 0 Å². The largest absolute Gasteiger partial charge is 0.385 e. The minimum absolute atomic E-state index is 0. The summed E-state index contributed by atoms with van der Waals surface area (Å²) >= 11 is 0. The molecular weight excluding hydrogens is 465 g/mol. The lowest BCUT2D eigenvalue weighted by Gasteiger charge is -2.27. The van der Waals surface area contributed by atoms with Gasteiger partial charge in [0.05, 0.1) is 10.5 Å². The van der Waals surface area contributed by atoms with Crippen LogP contribution in [-0.4, -0.2) is 58.2 Å².